The first-order chi connectivity index (χ1) is 8.79. The summed E-state index contributed by atoms with van der Waals surface area (Å²) in [6.07, 6.45) is 7.40. The number of unbranched alkanes of at least 4 members (excludes halogenated alkanes) is 4. The molecular formula is C16H25NO. The molecule has 0 amide bonds. The maximum Gasteiger partial charge on any atom is 0.163 e. The molecule has 0 saturated heterocycles. The van der Waals surface area contributed by atoms with Crippen molar-refractivity contribution in [2.24, 2.45) is 5.73 Å². The van der Waals surface area contributed by atoms with Crippen LogP contribution in [-0.2, 0) is 6.42 Å². The van der Waals surface area contributed by atoms with Crippen LogP contribution in [0.4, 0.5) is 0 Å². The SMILES string of the molecule is CCCCCCCC(=O)c1ccccc1CCN. The van der Waals surface area contributed by atoms with E-state index >= 15 is 0 Å². The minimum absolute atomic E-state index is 0.274. The van der Waals surface area contributed by atoms with Crippen molar-refractivity contribution in [2.45, 2.75) is 51.9 Å². The quantitative estimate of drug-likeness (QED) is 0.533. The minimum atomic E-state index is 0.274. The van der Waals surface area contributed by atoms with Crippen LogP contribution in [0, 0.1) is 0 Å². The average molecular weight is 247 g/mol. The first-order valence-electron chi connectivity index (χ1n) is 7.10. The standard InChI is InChI=1S/C16H25NO/c1-2-3-4-5-6-11-16(18)15-10-8-7-9-14(15)12-13-17/h7-10H,2-6,11-13,17H2,1H3. The number of Topliss-reactive ketones (excluding diaryl/α,β-unsaturated/α-hetero) is 1. The third-order valence-electron chi connectivity index (χ3n) is 3.24. The van der Waals surface area contributed by atoms with Crippen molar-refractivity contribution >= 4 is 5.78 Å². The average Bonchev–Trinajstić information content (AvgIpc) is 2.39. The van der Waals surface area contributed by atoms with E-state index in [-0.39, 0.29) is 5.78 Å². The highest BCUT2D eigenvalue weighted by Crippen LogP contribution is 2.14. The van der Waals surface area contributed by atoms with E-state index in [4.69, 9.17) is 5.73 Å². The number of hydrogen-bond acceptors (Lipinski definition) is 2. The molecule has 2 heteroatoms. The molecule has 0 aliphatic rings. The molecule has 0 aliphatic heterocycles. The second-order valence-corrected chi connectivity index (χ2v) is 4.78. The lowest BCUT2D eigenvalue weighted by molar-refractivity contribution is 0.0978. The van der Waals surface area contributed by atoms with Crippen LogP contribution < -0.4 is 5.73 Å². The van der Waals surface area contributed by atoms with Crippen LogP contribution in [0.5, 0.6) is 0 Å². The highest BCUT2D eigenvalue weighted by molar-refractivity contribution is 5.97. The molecular weight excluding hydrogens is 222 g/mol. The lowest BCUT2D eigenvalue weighted by atomic mass is 9.97. The molecule has 2 N–H and O–H groups in total. The summed E-state index contributed by atoms with van der Waals surface area (Å²) in [6.45, 7) is 2.80. The van der Waals surface area contributed by atoms with E-state index in [1.165, 1.54) is 25.7 Å². The third kappa shape index (κ3) is 5.01. The Bertz CT molecular complexity index is 360. The van der Waals surface area contributed by atoms with Crippen molar-refractivity contribution in [2.75, 3.05) is 6.54 Å². The van der Waals surface area contributed by atoms with E-state index in [0.29, 0.717) is 13.0 Å². The van der Waals surface area contributed by atoms with E-state index in [9.17, 15) is 4.79 Å². The second kappa shape index (κ2) is 8.87. The van der Waals surface area contributed by atoms with Gasteiger partial charge < -0.3 is 5.73 Å². The Balaban J connectivity index is 2.45. The Labute approximate surface area is 111 Å². The molecule has 2 nitrogen and oxygen atoms in total. The Kier molecular flexibility index (Phi) is 7.35. The summed E-state index contributed by atoms with van der Waals surface area (Å²) >= 11 is 0. The van der Waals surface area contributed by atoms with Gasteiger partial charge in [-0.3, -0.25) is 4.79 Å². The van der Waals surface area contributed by atoms with Crippen LogP contribution in [0.1, 0.15) is 61.4 Å². The fraction of sp³-hybridized carbons (Fsp3) is 0.562. The van der Waals surface area contributed by atoms with Gasteiger partial charge in [0.2, 0.25) is 0 Å². The molecule has 1 rings (SSSR count). The summed E-state index contributed by atoms with van der Waals surface area (Å²) in [6, 6.07) is 7.85. The van der Waals surface area contributed by atoms with Crippen LogP contribution >= 0.6 is 0 Å². The summed E-state index contributed by atoms with van der Waals surface area (Å²) in [5.41, 5.74) is 7.54. The Morgan fingerprint density at radius 2 is 1.83 bits per heavy atom. The summed E-state index contributed by atoms with van der Waals surface area (Å²) in [4.78, 5) is 12.1. The number of nitrogens with two attached hydrogens (primary N) is 1. The molecule has 1 aromatic carbocycles. The van der Waals surface area contributed by atoms with Gasteiger partial charge in [0.05, 0.1) is 0 Å². The van der Waals surface area contributed by atoms with Gasteiger partial charge in [-0.25, -0.2) is 0 Å². The molecule has 0 aromatic heterocycles. The van der Waals surface area contributed by atoms with Crippen LogP contribution in [0.25, 0.3) is 0 Å². The summed E-state index contributed by atoms with van der Waals surface area (Å²) in [7, 11) is 0. The van der Waals surface area contributed by atoms with Crippen molar-refractivity contribution in [3.8, 4) is 0 Å². The number of benzene rings is 1. The lowest BCUT2D eigenvalue weighted by Crippen LogP contribution is -2.09. The third-order valence-corrected chi connectivity index (χ3v) is 3.24. The van der Waals surface area contributed by atoms with Crippen LogP contribution in [0.3, 0.4) is 0 Å². The van der Waals surface area contributed by atoms with Crippen LogP contribution in [0.2, 0.25) is 0 Å². The molecule has 1 aromatic rings. The summed E-state index contributed by atoms with van der Waals surface area (Å²) in [5.74, 6) is 0.274. The van der Waals surface area contributed by atoms with Gasteiger partial charge >= 0.3 is 0 Å². The van der Waals surface area contributed by atoms with Crippen molar-refractivity contribution in [1.29, 1.82) is 0 Å². The van der Waals surface area contributed by atoms with Gasteiger partial charge in [0.25, 0.3) is 0 Å². The fourth-order valence-corrected chi connectivity index (χ4v) is 2.19. The molecule has 0 unspecified atom stereocenters. The summed E-state index contributed by atoms with van der Waals surface area (Å²) < 4.78 is 0. The minimum Gasteiger partial charge on any atom is -0.330 e. The molecule has 0 atom stereocenters. The van der Waals surface area contributed by atoms with Crippen molar-refractivity contribution in [3.05, 3.63) is 35.4 Å². The zero-order chi connectivity index (χ0) is 13.2. The molecule has 0 aliphatic carbocycles. The topological polar surface area (TPSA) is 43.1 Å². The molecule has 18 heavy (non-hydrogen) atoms. The van der Waals surface area contributed by atoms with Gasteiger partial charge in [-0.15, -0.1) is 0 Å². The Morgan fingerprint density at radius 1 is 1.11 bits per heavy atom. The smallest absolute Gasteiger partial charge is 0.163 e. The molecule has 0 bridgehead atoms. The van der Waals surface area contributed by atoms with Gasteiger partial charge in [0.15, 0.2) is 5.78 Å². The fourth-order valence-electron chi connectivity index (χ4n) is 2.19. The normalized spacial score (nSPS) is 10.6. The number of carbonyl (C=O) groups excluding carboxylic acids is 1. The first kappa shape index (κ1) is 14.9. The molecule has 0 saturated carbocycles. The highest BCUT2D eigenvalue weighted by Gasteiger charge is 2.09. The van der Waals surface area contributed by atoms with Crippen LogP contribution in [-0.4, -0.2) is 12.3 Å². The lowest BCUT2D eigenvalue weighted by Gasteiger charge is -2.07. The molecule has 0 radical (unpaired) electrons. The Hall–Kier alpha value is -1.15. The monoisotopic (exact) mass is 247 g/mol. The molecule has 0 heterocycles. The number of ketones is 1. The van der Waals surface area contributed by atoms with Gasteiger partial charge in [-0.1, -0.05) is 56.9 Å². The number of rotatable bonds is 9. The predicted octanol–water partition coefficient (Wildman–Crippen LogP) is 3.73. The number of hydrogen-bond donors (Lipinski definition) is 1. The zero-order valence-electron chi connectivity index (χ0n) is 11.5. The Morgan fingerprint density at radius 3 is 2.56 bits per heavy atom. The van der Waals surface area contributed by atoms with Crippen molar-refractivity contribution in [1.82, 2.24) is 0 Å². The van der Waals surface area contributed by atoms with Crippen LogP contribution in [0.15, 0.2) is 24.3 Å². The van der Waals surface area contributed by atoms with Gasteiger partial charge in [0.1, 0.15) is 0 Å². The maximum absolute atomic E-state index is 12.1. The van der Waals surface area contributed by atoms with Crippen molar-refractivity contribution < 1.29 is 4.79 Å². The highest BCUT2D eigenvalue weighted by atomic mass is 16.1. The van der Waals surface area contributed by atoms with E-state index < -0.39 is 0 Å². The number of carbonyl (C=O) groups is 1. The van der Waals surface area contributed by atoms with E-state index in [2.05, 4.69) is 6.92 Å². The largest absolute Gasteiger partial charge is 0.330 e. The van der Waals surface area contributed by atoms with E-state index in [1.807, 2.05) is 24.3 Å². The second-order valence-electron chi connectivity index (χ2n) is 4.78. The molecule has 100 valence electrons. The predicted molar refractivity (Wildman–Crippen MR) is 76.9 cm³/mol. The van der Waals surface area contributed by atoms with E-state index in [0.717, 1.165) is 24.0 Å². The summed E-state index contributed by atoms with van der Waals surface area (Å²) in [5, 5.41) is 0. The molecule has 0 spiro atoms. The van der Waals surface area contributed by atoms with Gasteiger partial charge in [-0.05, 0) is 24.9 Å². The first-order valence-corrected chi connectivity index (χ1v) is 7.10. The molecule has 0 fully saturated rings. The van der Waals surface area contributed by atoms with Gasteiger partial charge in [0, 0.05) is 12.0 Å². The maximum atomic E-state index is 12.1. The van der Waals surface area contributed by atoms with Gasteiger partial charge in [-0.2, -0.15) is 0 Å². The van der Waals surface area contributed by atoms with Crippen molar-refractivity contribution in [3.63, 3.8) is 0 Å². The zero-order valence-corrected chi connectivity index (χ0v) is 11.5. The van der Waals surface area contributed by atoms with E-state index in [1.54, 1.807) is 0 Å².